The van der Waals surface area contributed by atoms with E-state index in [1.54, 1.807) is 27.7 Å². The van der Waals surface area contributed by atoms with Gasteiger partial charge in [-0.05, 0) is 62.8 Å². The monoisotopic (exact) mass is 428 g/mol. The van der Waals surface area contributed by atoms with E-state index in [-0.39, 0.29) is 17.5 Å². The predicted octanol–water partition coefficient (Wildman–Crippen LogP) is 4.22. The summed E-state index contributed by atoms with van der Waals surface area (Å²) in [5.74, 6) is -0.368. The number of carbonyl (C=O) groups is 2. The lowest BCUT2D eigenvalue weighted by molar-refractivity contribution is 0.0950. The van der Waals surface area contributed by atoms with Crippen LogP contribution in [0.5, 0.6) is 0 Å². The molecule has 0 atom stereocenters. The van der Waals surface area contributed by atoms with Crippen LogP contribution in [0.3, 0.4) is 0 Å². The van der Waals surface area contributed by atoms with Crippen molar-refractivity contribution < 1.29 is 9.59 Å². The van der Waals surface area contributed by atoms with Gasteiger partial charge < -0.3 is 9.80 Å². The Balaban J connectivity index is 1.51. The van der Waals surface area contributed by atoms with E-state index in [1.807, 2.05) is 24.3 Å². The maximum absolute atomic E-state index is 13.7. The van der Waals surface area contributed by atoms with Crippen LogP contribution >= 0.6 is 0 Å². The predicted molar refractivity (Wildman–Crippen MR) is 126 cm³/mol. The van der Waals surface area contributed by atoms with Crippen LogP contribution in [-0.2, 0) is 19.9 Å². The molecular weight excluding hydrogens is 400 g/mol. The second kappa shape index (κ2) is 7.93. The fourth-order valence-corrected chi connectivity index (χ4v) is 4.95. The van der Waals surface area contributed by atoms with Gasteiger partial charge >= 0.3 is 0 Å². The van der Waals surface area contributed by atoms with Crippen molar-refractivity contribution in [1.82, 2.24) is 9.78 Å². The summed E-state index contributed by atoms with van der Waals surface area (Å²) in [5.41, 5.74) is 7.19. The van der Waals surface area contributed by atoms with Crippen molar-refractivity contribution in [2.75, 3.05) is 22.9 Å². The van der Waals surface area contributed by atoms with Crippen LogP contribution in [0, 0.1) is 13.8 Å². The Morgan fingerprint density at radius 1 is 0.812 bits per heavy atom. The molecular formula is C26H28N4O2. The number of aryl methyl sites for hydroxylation is 5. The van der Waals surface area contributed by atoms with Crippen LogP contribution < -0.4 is 9.80 Å². The van der Waals surface area contributed by atoms with Crippen molar-refractivity contribution in [3.8, 4) is 0 Å². The minimum atomic E-state index is -0.208. The first kappa shape index (κ1) is 20.5. The molecule has 0 bridgehead atoms. The lowest BCUT2D eigenvalue weighted by Gasteiger charge is -2.31. The van der Waals surface area contributed by atoms with E-state index >= 15 is 0 Å². The largest absolute Gasteiger partial charge is 0.308 e. The van der Waals surface area contributed by atoms with Crippen molar-refractivity contribution in [2.24, 2.45) is 7.05 Å². The normalized spacial score (nSPS) is 15.3. The van der Waals surface area contributed by atoms with Crippen LogP contribution in [0.1, 0.15) is 55.9 Å². The summed E-state index contributed by atoms with van der Waals surface area (Å²) in [4.78, 5) is 30.9. The molecule has 0 saturated carbocycles. The van der Waals surface area contributed by atoms with Gasteiger partial charge in [0.1, 0.15) is 0 Å². The van der Waals surface area contributed by atoms with Crippen LogP contribution in [0.15, 0.2) is 42.6 Å². The zero-order valence-electron chi connectivity index (χ0n) is 18.9. The Bertz CT molecular complexity index is 1130. The SMILES string of the molecule is Cc1ccc2c(c1)CCCN2C(=O)c1cn(C)nc1C(=O)N1CCCc2cc(C)ccc21. The first-order chi connectivity index (χ1) is 15.4. The van der Waals surface area contributed by atoms with Crippen LogP contribution in [0.2, 0.25) is 0 Å². The molecule has 3 heterocycles. The average molecular weight is 429 g/mol. The summed E-state index contributed by atoms with van der Waals surface area (Å²) in [6.07, 6.45) is 5.40. The Hall–Kier alpha value is -3.41. The van der Waals surface area contributed by atoms with Gasteiger partial charge in [-0.1, -0.05) is 35.4 Å². The van der Waals surface area contributed by atoms with Crippen LogP contribution in [0.4, 0.5) is 11.4 Å². The molecule has 0 unspecified atom stereocenters. The summed E-state index contributed by atoms with van der Waals surface area (Å²) in [7, 11) is 1.76. The molecule has 0 radical (unpaired) electrons. The molecule has 0 aliphatic carbocycles. The number of carbonyl (C=O) groups excluding carboxylic acids is 2. The number of hydrogen-bond acceptors (Lipinski definition) is 3. The molecule has 5 rings (SSSR count). The molecule has 0 fully saturated rings. The van der Waals surface area contributed by atoms with Crippen LogP contribution in [0.25, 0.3) is 0 Å². The zero-order chi connectivity index (χ0) is 22.4. The Morgan fingerprint density at radius 2 is 1.34 bits per heavy atom. The van der Waals surface area contributed by atoms with Gasteiger partial charge in [-0.15, -0.1) is 0 Å². The van der Waals surface area contributed by atoms with Gasteiger partial charge in [-0.2, -0.15) is 5.10 Å². The molecule has 2 aliphatic rings. The Morgan fingerprint density at radius 3 is 1.91 bits per heavy atom. The van der Waals surface area contributed by atoms with E-state index in [2.05, 4.69) is 31.1 Å². The van der Waals surface area contributed by atoms with E-state index in [0.717, 1.165) is 37.1 Å². The molecule has 0 N–H and O–H groups in total. The summed E-state index contributed by atoms with van der Waals surface area (Å²) < 4.78 is 1.57. The number of fused-ring (bicyclic) bond motifs is 2. The number of anilines is 2. The van der Waals surface area contributed by atoms with Gasteiger partial charge in [0.25, 0.3) is 11.8 Å². The van der Waals surface area contributed by atoms with Crippen molar-refractivity contribution in [1.29, 1.82) is 0 Å². The summed E-state index contributed by atoms with van der Waals surface area (Å²) in [6.45, 7) is 5.40. The van der Waals surface area contributed by atoms with E-state index < -0.39 is 0 Å². The second-order valence-corrected chi connectivity index (χ2v) is 8.95. The number of aromatic nitrogens is 2. The third kappa shape index (κ3) is 3.49. The number of hydrogen-bond donors (Lipinski definition) is 0. The lowest BCUT2D eigenvalue weighted by Crippen LogP contribution is -2.39. The zero-order valence-corrected chi connectivity index (χ0v) is 18.9. The van der Waals surface area contributed by atoms with Crippen molar-refractivity contribution in [3.63, 3.8) is 0 Å². The fraction of sp³-hybridized carbons (Fsp3) is 0.346. The van der Waals surface area contributed by atoms with Gasteiger partial charge in [-0.25, -0.2) is 0 Å². The second-order valence-electron chi connectivity index (χ2n) is 8.95. The minimum Gasteiger partial charge on any atom is -0.308 e. The van der Waals surface area contributed by atoms with E-state index in [0.29, 0.717) is 18.7 Å². The van der Waals surface area contributed by atoms with Gasteiger partial charge in [0.2, 0.25) is 0 Å². The minimum absolute atomic E-state index is 0.160. The molecule has 2 aromatic carbocycles. The van der Waals surface area contributed by atoms with Gasteiger partial charge in [0.05, 0.1) is 5.56 Å². The van der Waals surface area contributed by atoms with E-state index in [1.165, 1.54) is 22.3 Å². The molecule has 32 heavy (non-hydrogen) atoms. The average Bonchev–Trinajstić information content (AvgIpc) is 3.18. The van der Waals surface area contributed by atoms with Crippen molar-refractivity contribution in [3.05, 3.63) is 76.1 Å². The molecule has 3 aromatic rings. The molecule has 6 nitrogen and oxygen atoms in total. The van der Waals surface area contributed by atoms with Crippen LogP contribution in [-0.4, -0.2) is 34.7 Å². The van der Waals surface area contributed by atoms with E-state index in [4.69, 9.17) is 0 Å². The number of nitrogens with zero attached hydrogens (tertiary/aromatic N) is 4. The lowest BCUT2D eigenvalue weighted by atomic mass is 9.98. The highest BCUT2D eigenvalue weighted by Crippen LogP contribution is 2.32. The fourth-order valence-electron chi connectivity index (χ4n) is 4.95. The smallest absolute Gasteiger partial charge is 0.279 e. The third-order valence-corrected chi connectivity index (χ3v) is 6.46. The number of benzene rings is 2. The van der Waals surface area contributed by atoms with Gasteiger partial charge in [-0.3, -0.25) is 14.3 Å². The standard InChI is InChI=1S/C26H28N4O2/c1-17-8-10-22-19(14-17)6-4-12-29(22)25(31)21-16-28(3)27-24(21)26(32)30-13-5-7-20-15-18(2)9-11-23(20)30/h8-11,14-16H,4-7,12-13H2,1-3H3. The highest BCUT2D eigenvalue weighted by Gasteiger charge is 2.32. The third-order valence-electron chi connectivity index (χ3n) is 6.46. The molecule has 164 valence electrons. The first-order valence-corrected chi connectivity index (χ1v) is 11.3. The first-order valence-electron chi connectivity index (χ1n) is 11.3. The quantitative estimate of drug-likeness (QED) is 0.614. The molecule has 1 aromatic heterocycles. The molecule has 2 aliphatic heterocycles. The van der Waals surface area contributed by atoms with E-state index in [9.17, 15) is 9.59 Å². The van der Waals surface area contributed by atoms with Gasteiger partial charge in [0.15, 0.2) is 5.69 Å². The van der Waals surface area contributed by atoms with Crippen molar-refractivity contribution >= 4 is 23.2 Å². The highest BCUT2D eigenvalue weighted by atomic mass is 16.2. The van der Waals surface area contributed by atoms with Gasteiger partial charge in [0, 0.05) is 37.7 Å². The Kier molecular flexibility index (Phi) is 5.08. The summed E-state index contributed by atoms with van der Waals surface area (Å²) in [5, 5.41) is 4.44. The van der Waals surface area contributed by atoms with Crippen molar-refractivity contribution in [2.45, 2.75) is 39.5 Å². The summed E-state index contributed by atoms with van der Waals surface area (Å²) >= 11 is 0. The number of rotatable bonds is 2. The molecule has 0 saturated heterocycles. The maximum Gasteiger partial charge on any atom is 0.279 e. The number of amides is 2. The maximum atomic E-state index is 13.7. The molecule has 0 spiro atoms. The molecule has 6 heteroatoms. The topological polar surface area (TPSA) is 58.4 Å². The Labute approximate surface area is 188 Å². The molecule has 2 amide bonds. The highest BCUT2D eigenvalue weighted by molar-refractivity contribution is 6.16. The summed E-state index contributed by atoms with van der Waals surface area (Å²) in [6, 6.07) is 12.4.